The minimum atomic E-state index is 0.0311. The van der Waals surface area contributed by atoms with Gasteiger partial charge in [-0.2, -0.15) is 5.26 Å². The zero-order valence-electron chi connectivity index (χ0n) is 15.3. The van der Waals surface area contributed by atoms with E-state index in [1.165, 1.54) is 5.56 Å². The molecule has 1 aliphatic rings. The Morgan fingerprint density at radius 1 is 1.08 bits per heavy atom. The Labute approximate surface area is 150 Å². The number of nitrogens with zero attached hydrogens (tertiary/aromatic N) is 2. The van der Waals surface area contributed by atoms with Crippen LogP contribution in [-0.2, 0) is 6.61 Å². The Morgan fingerprint density at radius 2 is 1.84 bits per heavy atom. The van der Waals surface area contributed by atoms with Gasteiger partial charge in [-0.3, -0.25) is 4.90 Å². The largest absolute Gasteiger partial charge is 0.489 e. The monoisotopic (exact) mass is 334 g/mol. The first kappa shape index (κ1) is 17.5. The molecule has 25 heavy (non-hydrogen) atoms. The van der Waals surface area contributed by atoms with E-state index in [0.29, 0.717) is 6.61 Å². The van der Waals surface area contributed by atoms with Crippen LogP contribution in [0.3, 0.4) is 0 Å². The minimum Gasteiger partial charge on any atom is -0.489 e. The van der Waals surface area contributed by atoms with Gasteiger partial charge in [0, 0.05) is 24.5 Å². The summed E-state index contributed by atoms with van der Waals surface area (Å²) in [5, 5.41) is 9.59. The molecule has 2 aromatic rings. The van der Waals surface area contributed by atoms with E-state index in [1.54, 1.807) is 0 Å². The SMILES string of the molecule is CC(C)(C)N1C[C@@H](C#N)[C@H](c2cccc(OCc3ccccc3)c2)C1. The summed E-state index contributed by atoms with van der Waals surface area (Å²) in [6.45, 7) is 8.95. The fraction of sp³-hybridized carbons (Fsp3) is 0.409. The van der Waals surface area contributed by atoms with Crippen molar-refractivity contribution in [1.82, 2.24) is 4.90 Å². The number of benzene rings is 2. The lowest BCUT2D eigenvalue weighted by Crippen LogP contribution is -2.39. The maximum Gasteiger partial charge on any atom is 0.120 e. The topological polar surface area (TPSA) is 36.3 Å². The molecule has 0 aliphatic carbocycles. The van der Waals surface area contributed by atoms with E-state index in [1.807, 2.05) is 30.3 Å². The summed E-state index contributed by atoms with van der Waals surface area (Å²) in [4.78, 5) is 2.41. The number of likely N-dealkylation sites (tertiary alicyclic amines) is 1. The highest BCUT2D eigenvalue weighted by Crippen LogP contribution is 2.36. The lowest BCUT2D eigenvalue weighted by molar-refractivity contribution is 0.170. The van der Waals surface area contributed by atoms with Crippen LogP contribution >= 0.6 is 0 Å². The van der Waals surface area contributed by atoms with Gasteiger partial charge < -0.3 is 4.74 Å². The Bertz CT molecular complexity index is 743. The van der Waals surface area contributed by atoms with Crippen LogP contribution in [0.15, 0.2) is 54.6 Å². The molecule has 0 N–H and O–H groups in total. The van der Waals surface area contributed by atoms with Crippen molar-refractivity contribution in [2.24, 2.45) is 5.92 Å². The molecule has 1 saturated heterocycles. The summed E-state index contributed by atoms with van der Waals surface area (Å²) < 4.78 is 5.96. The van der Waals surface area contributed by atoms with E-state index < -0.39 is 0 Å². The van der Waals surface area contributed by atoms with Crippen LogP contribution in [0.2, 0.25) is 0 Å². The van der Waals surface area contributed by atoms with Gasteiger partial charge in [-0.25, -0.2) is 0 Å². The van der Waals surface area contributed by atoms with Gasteiger partial charge in [0.2, 0.25) is 0 Å². The van der Waals surface area contributed by atoms with Gasteiger partial charge in [-0.1, -0.05) is 42.5 Å². The minimum absolute atomic E-state index is 0.0311. The normalized spacial score (nSPS) is 21.0. The van der Waals surface area contributed by atoms with Crippen molar-refractivity contribution in [3.63, 3.8) is 0 Å². The van der Waals surface area contributed by atoms with Crippen molar-refractivity contribution < 1.29 is 4.74 Å². The van der Waals surface area contributed by atoms with E-state index in [0.717, 1.165) is 24.4 Å². The summed E-state index contributed by atoms with van der Waals surface area (Å²) in [6.07, 6.45) is 0. The molecule has 3 rings (SSSR count). The lowest BCUT2D eigenvalue weighted by atomic mass is 9.90. The molecule has 0 saturated carbocycles. The molecule has 3 heteroatoms. The average molecular weight is 334 g/mol. The fourth-order valence-electron chi connectivity index (χ4n) is 3.40. The smallest absolute Gasteiger partial charge is 0.120 e. The molecule has 0 unspecified atom stereocenters. The van der Waals surface area contributed by atoms with Gasteiger partial charge in [-0.05, 0) is 44.0 Å². The van der Waals surface area contributed by atoms with E-state index in [9.17, 15) is 5.26 Å². The molecule has 0 spiro atoms. The summed E-state index contributed by atoms with van der Waals surface area (Å²) in [7, 11) is 0. The van der Waals surface area contributed by atoms with Crippen LogP contribution in [-0.4, -0.2) is 23.5 Å². The van der Waals surface area contributed by atoms with Crippen LogP contribution in [0.25, 0.3) is 0 Å². The molecule has 0 amide bonds. The molecule has 0 aromatic heterocycles. The maximum absolute atomic E-state index is 9.59. The zero-order valence-corrected chi connectivity index (χ0v) is 15.3. The standard InChI is InChI=1S/C22H26N2O/c1-22(2,3)24-14-19(13-23)21(15-24)18-10-7-11-20(12-18)25-16-17-8-5-4-6-9-17/h4-12,19,21H,14-16H2,1-3H3/t19-,21+/m1/s1. The van der Waals surface area contributed by atoms with Gasteiger partial charge in [0.05, 0.1) is 12.0 Å². The average Bonchev–Trinajstić information content (AvgIpc) is 3.06. The van der Waals surface area contributed by atoms with Crippen LogP contribution in [0.4, 0.5) is 0 Å². The Balaban J connectivity index is 1.73. The number of nitriles is 1. The number of ether oxygens (including phenoxy) is 1. The van der Waals surface area contributed by atoms with Gasteiger partial charge >= 0.3 is 0 Å². The Morgan fingerprint density at radius 3 is 2.52 bits per heavy atom. The lowest BCUT2D eigenvalue weighted by Gasteiger charge is -2.31. The highest BCUT2D eigenvalue weighted by Gasteiger charge is 2.38. The van der Waals surface area contributed by atoms with Gasteiger partial charge in [0.25, 0.3) is 0 Å². The first-order chi connectivity index (χ1) is 12.0. The molecule has 1 fully saturated rings. The summed E-state index contributed by atoms with van der Waals surface area (Å²) in [6, 6.07) is 20.9. The number of hydrogen-bond donors (Lipinski definition) is 0. The highest BCUT2D eigenvalue weighted by molar-refractivity contribution is 5.33. The molecule has 3 nitrogen and oxygen atoms in total. The molecule has 2 atom stereocenters. The maximum atomic E-state index is 9.59. The third kappa shape index (κ3) is 4.21. The first-order valence-electron chi connectivity index (χ1n) is 8.89. The number of hydrogen-bond acceptors (Lipinski definition) is 3. The second kappa shape index (κ2) is 7.29. The van der Waals surface area contributed by atoms with Gasteiger partial charge in [0.1, 0.15) is 12.4 Å². The number of rotatable bonds is 4. The van der Waals surface area contributed by atoms with E-state index in [2.05, 4.69) is 56.0 Å². The predicted molar refractivity (Wildman–Crippen MR) is 100 cm³/mol. The summed E-state index contributed by atoms with van der Waals surface area (Å²) >= 11 is 0. The van der Waals surface area contributed by atoms with E-state index in [-0.39, 0.29) is 17.4 Å². The molecular weight excluding hydrogens is 308 g/mol. The van der Waals surface area contributed by atoms with Crippen molar-refractivity contribution in [3.05, 3.63) is 65.7 Å². The van der Waals surface area contributed by atoms with Crippen LogP contribution < -0.4 is 4.74 Å². The predicted octanol–water partition coefficient (Wildman–Crippen LogP) is 4.60. The molecule has 2 aromatic carbocycles. The molecular formula is C22H26N2O. The van der Waals surface area contributed by atoms with Crippen molar-refractivity contribution in [2.75, 3.05) is 13.1 Å². The molecule has 0 radical (unpaired) electrons. The second-order valence-corrected chi connectivity index (χ2v) is 7.76. The summed E-state index contributed by atoms with van der Waals surface area (Å²) in [5.74, 6) is 1.14. The second-order valence-electron chi connectivity index (χ2n) is 7.76. The molecule has 130 valence electrons. The summed E-state index contributed by atoms with van der Waals surface area (Å²) in [5.41, 5.74) is 2.44. The van der Waals surface area contributed by atoms with E-state index in [4.69, 9.17) is 4.74 Å². The van der Waals surface area contributed by atoms with Crippen molar-refractivity contribution in [2.45, 2.75) is 38.8 Å². The molecule has 0 bridgehead atoms. The van der Waals surface area contributed by atoms with E-state index >= 15 is 0 Å². The van der Waals surface area contributed by atoms with Crippen molar-refractivity contribution in [3.8, 4) is 11.8 Å². The van der Waals surface area contributed by atoms with Crippen LogP contribution in [0, 0.1) is 17.2 Å². The highest BCUT2D eigenvalue weighted by atomic mass is 16.5. The molecule has 1 heterocycles. The van der Waals surface area contributed by atoms with Crippen LogP contribution in [0.5, 0.6) is 5.75 Å². The first-order valence-corrected chi connectivity index (χ1v) is 8.89. The Hall–Kier alpha value is -2.31. The quantitative estimate of drug-likeness (QED) is 0.819. The fourth-order valence-corrected chi connectivity index (χ4v) is 3.40. The zero-order chi connectivity index (χ0) is 17.9. The third-order valence-corrected chi connectivity index (χ3v) is 4.97. The van der Waals surface area contributed by atoms with Crippen molar-refractivity contribution >= 4 is 0 Å². The van der Waals surface area contributed by atoms with Crippen molar-refractivity contribution in [1.29, 1.82) is 5.26 Å². The third-order valence-electron chi connectivity index (χ3n) is 4.97. The van der Waals surface area contributed by atoms with Gasteiger partial charge in [0.15, 0.2) is 0 Å². The molecule has 1 aliphatic heterocycles. The Kier molecular flexibility index (Phi) is 5.11. The van der Waals surface area contributed by atoms with Gasteiger partial charge in [-0.15, -0.1) is 0 Å². The van der Waals surface area contributed by atoms with Crippen LogP contribution in [0.1, 0.15) is 37.8 Å².